The van der Waals surface area contributed by atoms with Crippen molar-refractivity contribution in [1.29, 1.82) is 0 Å². The molecule has 0 spiro atoms. The molecule has 1 unspecified atom stereocenters. The predicted molar refractivity (Wildman–Crippen MR) is 73.9 cm³/mol. The van der Waals surface area contributed by atoms with Crippen LogP contribution in [0.5, 0.6) is 0 Å². The van der Waals surface area contributed by atoms with E-state index in [1.807, 2.05) is 14.0 Å². The van der Waals surface area contributed by atoms with E-state index < -0.39 is 5.82 Å². The second-order valence-corrected chi connectivity index (χ2v) is 4.98. The molecule has 20 heavy (non-hydrogen) atoms. The number of aryl methyl sites for hydroxylation is 1. The number of fused-ring (bicyclic) bond motifs is 1. The summed E-state index contributed by atoms with van der Waals surface area (Å²) in [6.45, 7) is 1.92. The Hall–Kier alpha value is -2.15. The smallest absolute Gasteiger partial charge is 0.201 e. The molecule has 0 bridgehead atoms. The number of imidazole rings is 1. The van der Waals surface area contributed by atoms with Crippen LogP contribution in [0.15, 0.2) is 18.5 Å². The van der Waals surface area contributed by atoms with Crippen LogP contribution in [0.25, 0.3) is 11.0 Å². The maximum Gasteiger partial charge on any atom is 0.201 e. The molecule has 0 fully saturated rings. The van der Waals surface area contributed by atoms with Gasteiger partial charge in [0.25, 0.3) is 0 Å². The molecule has 104 valence electrons. The Morgan fingerprint density at radius 3 is 2.80 bits per heavy atom. The second kappa shape index (κ2) is 4.45. The first kappa shape index (κ1) is 12.9. The quantitative estimate of drug-likeness (QED) is 0.786. The number of nitrogens with two attached hydrogens (primary N) is 1. The van der Waals surface area contributed by atoms with Crippen molar-refractivity contribution in [3.8, 4) is 0 Å². The Morgan fingerprint density at radius 2 is 2.15 bits per heavy atom. The molecule has 0 saturated carbocycles. The standard InChI is InChI=1S/C12H12ClFN6/c1-6(11-18-16-5-19(11)2)20-10-3-7(13)8(14)4-9(10)17-12(20)15/h3-6H,1-2H3,(H2,15,17). The fourth-order valence-electron chi connectivity index (χ4n) is 2.30. The SMILES string of the molecule is CC(c1nncn1C)n1c(N)nc2cc(F)c(Cl)cc21. The van der Waals surface area contributed by atoms with E-state index in [1.54, 1.807) is 15.5 Å². The van der Waals surface area contributed by atoms with Crippen LogP contribution in [0.3, 0.4) is 0 Å². The zero-order valence-corrected chi connectivity index (χ0v) is 11.6. The van der Waals surface area contributed by atoms with Gasteiger partial charge in [0.2, 0.25) is 5.95 Å². The Bertz CT molecular complexity index is 793. The summed E-state index contributed by atoms with van der Waals surface area (Å²) in [6.07, 6.45) is 1.60. The summed E-state index contributed by atoms with van der Waals surface area (Å²) in [5, 5.41) is 7.94. The number of halogens is 2. The summed E-state index contributed by atoms with van der Waals surface area (Å²) in [5.74, 6) is 0.476. The highest BCUT2D eigenvalue weighted by Crippen LogP contribution is 2.29. The average Bonchev–Trinajstić information content (AvgIpc) is 2.93. The lowest BCUT2D eigenvalue weighted by Crippen LogP contribution is -2.14. The molecule has 0 aliphatic carbocycles. The van der Waals surface area contributed by atoms with Crippen LogP contribution in [0.4, 0.5) is 10.3 Å². The van der Waals surface area contributed by atoms with Crippen molar-refractivity contribution in [2.75, 3.05) is 5.73 Å². The Balaban J connectivity index is 2.23. The molecule has 3 aromatic rings. The van der Waals surface area contributed by atoms with Crippen molar-refractivity contribution in [2.24, 2.45) is 7.05 Å². The van der Waals surface area contributed by atoms with Gasteiger partial charge in [-0.05, 0) is 13.0 Å². The number of nitrogens with zero attached hydrogens (tertiary/aromatic N) is 5. The Labute approximate surface area is 119 Å². The van der Waals surface area contributed by atoms with Gasteiger partial charge in [-0.15, -0.1) is 10.2 Å². The maximum atomic E-state index is 13.5. The molecule has 2 aromatic heterocycles. The number of hydrogen-bond acceptors (Lipinski definition) is 4. The van der Waals surface area contributed by atoms with Crippen LogP contribution in [-0.4, -0.2) is 24.3 Å². The third-order valence-electron chi connectivity index (χ3n) is 3.27. The van der Waals surface area contributed by atoms with Gasteiger partial charge in [0.1, 0.15) is 12.1 Å². The van der Waals surface area contributed by atoms with Gasteiger partial charge in [-0.1, -0.05) is 11.6 Å². The largest absolute Gasteiger partial charge is 0.369 e. The van der Waals surface area contributed by atoms with Crippen LogP contribution in [-0.2, 0) is 7.05 Å². The summed E-state index contributed by atoms with van der Waals surface area (Å²) in [4.78, 5) is 4.16. The summed E-state index contributed by atoms with van der Waals surface area (Å²) in [5.41, 5.74) is 7.05. The molecule has 2 N–H and O–H groups in total. The lowest BCUT2D eigenvalue weighted by atomic mass is 10.2. The third kappa shape index (κ3) is 1.82. The molecule has 6 nitrogen and oxygen atoms in total. The molecule has 0 amide bonds. The first-order valence-electron chi connectivity index (χ1n) is 5.95. The number of aromatic nitrogens is 5. The molecule has 1 atom stereocenters. The lowest BCUT2D eigenvalue weighted by molar-refractivity contribution is 0.593. The minimum absolute atomic E-state index is 0.0313. The van der Waals surface area contributed by atoms with Gasteiger partial charge in [-0.3, -0.25) is 4.57 Å². The van der Waals surface area contributed by atoms with Gasteiger partial charge < -0.3 is 10.3 Å². The van der Waals surface area contributed by atoms with E-state index in [4.69, 9.17) is 17.3 Å². The number of nitrogen functional groups attached to an aromatic ring is 1. The van der Waals surface area contributed by atoms with E-state index in [-0.39, 0.29) is 17.0 Å². The average molecular weight is 295 g/mol. The summed E-state index contributed by atoms with van der Waals surface area (Å²) in [7, 11) is 1.84. The van der Waals surface area contributed by atoms with Crippen molar-refractivity contribution in [1.82, 2.24) is 24.3 Å². The highest BCUT2D eigenvalue weighted by molar-refractivity contribution is 6.31. The predicted octanol–water partition coefficient (Wildman–Crippen LogP) is 2.15. The topological polar surface area (TPSA) is 74.5 Å². The van der Waals surface area contributed by atoms with Crippen molar-refractivity contribution in [2.45, 2.75) is 13.0 Å². The van der Waals surface area contributed by atoms with E-state index in [2.05, 4.69) is 15.2 Å². The molecule has 8 heteroatoms. The van der Waals surface area contributed by atoms with Gasteiger partial charge in [0.15, 0.2) is 5.82 Å². The minimum Gasteiger partial charge on any atom is -0.369 e. The van der Waals surface area contributed by atoms with Crippen LogP contribution < -0.4 is 5.73 Å². The van der Waals surface area contributed by atoms with E-state index in [0.717, 1.165) is 5.82 Å². The molecule has 0 saturated heterocycles. The van der Waals surface area contributed by atoms with Crippen LogP contribution in [0.1, 0.15) is 18.8 Å². The van der Waals surface area contributed by atoms with Crippen molar-refractivity contribution >= 4 is 28.6 Å². The van der Waals surface area contributed by atoms with E-state index in [0.29, 0.717) is 11.0 Å². The molecular weight excluding hydrogens is 283 g/mol. The highest BCUT2D eigenvalue weighted by atomic mass is 35.5. The Morgan fingerprint density at radius 1 is 1.40 bits per heavy atom. The number of hydrogen-bond donors (Lipinski definition) is 1. The van der Waals surface area contributed by atoms with Crippen molar-refractivity contribution in [3.05, 3.63) is 35.1 Å². The monoisotopic (exact) mass is 294 g/mol. The van der Waals surface area contributed by atoms with Crippen LogP contribution in [0.2, 0.25) is 5.02 Å². The molecular formula is C12H12ClFN6. The van der Waals surface area contributed by atoms with E-state index >= 15 is 0 Å². The van der Waals surface area contributed by atoms with Crippen molar-refractivity contribution in [3.63, 3.8) is 0 Å². The molecule has 0 aliphatic heterocycles. The van der Waals surface area contributed by atoms with Crippen LogP contribution in [0, 0.1) is 5.82 Å². The minimum atomic E-state index is -0.518. The first-order valence-corrected chi connectivity index (χ1v) is 6.33. The fourth-order valence-corrected chi connectivity index (χ4v) is 2.46. The molecule has 0 radical (unpaired) electrons. The number of benzene rings is 1. The fraction of sp³-hybridized carbons (Fsp3) is 0.250. The van der Waals surface area contributed by atoms with Gasteiger partial charge in [0, 0.05) is 13.1 Å². The zero-order valence-electron chi connectivity index (χ0n) is 10.9. The van der Waals surface area contributed by atoms with E-state index in [9.17, 15) is 4.39 Å². The van der Waals surface area contributed by atoms with Crippen LogP contribution >= 0.6 is 11.6 Å². The lowest BCUT2D eigenvalue weighted by Gasteiger charge is -2.15. The first-order chi connectivity index (χ1) is 9.49. The van der Waals surface area contributed by atoms with E-state index in [1.165, 1.54) is 12.1 Å². The maximum absolute atomic E-state index is 13.5. The molecule has 0 aliphatic rings. The van der Waals surface area contributed by atoms with Gasteiger partial charge >= 0.3 is 0 Å². The molecule has 1 aromatic carbocycles. The van der Waals surface area contributed by atoms with Gasteiger partial charge in [-0.25, -0.2) is 9.37 Å². The zero-order chi connectivity index (χ0) is 14.4. The summed E-state index contributed by atoms with van der Waals surface area (Å²) >= 11 is 5.84. The third-order valence-corrected chi connectivity index (χ3v) is 3.56. The normalized spacial score (nSPS) is 13.0. The van der Waals surface area contributed by atoms with Gasteiger partial charge in [-0.2, -0.15) is 0 Å². The number of anilines is 1. The Kier molecular flexibility index (Phi) is 2.86. The highest BCUT2D eigenvalue weighted by Gasteiger charge is 2.20. The summed E-state index contributed by atoms with van der Waals surface area (Å²) in [6, 6.07) is 2.59. The second-order valence-electron chi connectivity index (χ2n) is 4.57. The number of rotatable bonds is 2. The van der Waals surface area contributed by atoms with Gasteiger partial charge in [0.05, 0.1) is 22.1 Å². The summed E-state index contributed by atoms with van der Waals surface area (Å²) < 4.78 is 17.0. The molecule has 3 rings (SSSR count). The molecule has 2 heterocycles. The van der Waals surface area contributed by atoms with Crippen molar-refractivity contribution < 1.29 is 4.39 Å².